The fourth-order valence-electron chi connectivity index (χ4n) is 2.60. The molecule has 1 N–H and O–H groups in total. The number of piperidine rings is 1. The molecule has 0 unspecified atom stereocenters. The molecule has 0 spiro atoms. The number of hydrogen-bond acceptors (Lipinski definition) is 3. The summed E-state index contributed by atoms with van der Waals surface area (Å²) in [6.07, 6.45) is 2.36. The van der Waals surface area contributed by atoms with Gasteiger partial charge in [0.1, 0.15) is 5.82 Å². The van der Waals surface area contributed by atoms with Gasteiger partial charge in [-0.15, -0.1) is 0 Å². The highest BCUT2D eigenvalue weighted by molar-refractivity contribution is 5.54. The third-order valence-corrected chi connectivity index (χ3v) is 3.76. The van der Waals surface area contributed by atoms with E-state index in [2.05, 4.69) is 10.2 Å². The summed E-state index contributed by atoms with van der Waals surface area (Å²) < 4.78 is 19.4. The maximum absolute atomic E-state index is 14.0. The van der Waals surface area contributed by atoms with Crippen molar-refractivity contribution >= 4 is 5.69 Å². The van der Waals surface area contributed by atoms with Gasteiger partial charge in [0.15, 0.2) is 0 Å². The fraction of sp³-hybridized carbons (Fsp3) is 0.600. The second-order valence-electron chi connectivity index (χ2n) is 4.94. The lowest BCUT2D eigenvalue weighted by Gasteiger charge is -2.34. The second-order valence-corrected chi connectivity index (χ2v) is 4.94. The summed E-state index contributed by atoms with van der Waals surface area (Å²) in [6, 6.07) is 5.35. The highest BCUT2D eigenvalue weighted by atomic mass is 19.1. The first-order valence-electron chi connectivity index (χ1n) is 7.02. The van der Waals surface area contributed by atoms with Gasteiger partial charge in [-0.25, -0.2) is 4.39 Å². The minimum Gasteiger partial charge on any atom is -0.381 e. The second kappa shape index (κ2) is 6.87. The molecule has 0 aliphatic carbocycles. The van der Waals surface area contributed by atoms with E-state index in [0.29, 0.717) is 12.6 Å². The predicted octanol–water partition coefficient (Wildman–Crippen LogP) is 2.55. The molecule has 1 aromatic rings. The molecule has 1 aliphatic heterocycles. The van der Waals surface area contributed by atoms with E-state index in [1.807, 2.05) is 13.0 Å². The quantitative estimate of drug-likeness (QED) is 0.886. The van der Waals surface area contributed by atoms with Crippen molar-refractivity contribution in [2.45, 2.75) is 32.4 Å². The van der Waals surface area contributed by atoms with Gasteiger partial charge in [0, 0.05) is 38.0 Å². The SMILES string of the molecule is CCNCc1c(F)cccc1N1CCC(OC)CC1. The molecular weight excluding hydrogens is 243 g/mol. The van der Waals surface area contributed by atoms with E-state index in [1.165, 1.54) is 6.07 Å². The van der Waals surface area contributed by atoms with E-state index < -0.39 is 0 Å². The zero-order valence-electron chi connectivity index (χ0n) is 11.8. The van der Waals surface area contributed by atoms with Crippen LogP contribution in [0.5, 0.6) is 0 Å². The minimum absolute atomic E-state index is 0.118. The van der Waals surface area contributed by atoms with Gasteiger partial charge in [-0.05, 0) is 31.5 Å². The standard InChI is InChI=1S/C15H23FN2O/c1-3-17-11-13-14(16)5-4-6-15(13)18-9-7-12(19-2)8-10-18/h4-6,12,17H,3,7-11H2,1-2H3. The summed E-state index contributed by atoms with van der Waals surface area (Å²) in [4.78, 5) is 2.27. The molecule has 0 bridgehead atoms. The average Bonchev–Trinajstić information content (AvgIpc) is 2.46. The van der Waals surface area contributed by atoms with E-state index in [-0.39, 0.29) is 5.82 Å². The lowest BCUT2D eigenvalue weighted by atomic mass is 10.0. The summed E-state index contributed by atoms with van der Waals surface area (Å²) in [7, 11) is 1.76. The molecule has 1 aromatic carbocycles. The van der Waals surface area contributed by atoms with Crippen LogP contribution in [-0.2, 0) is 11.3 Å². The lowest BCUT2D eigenvalue weighted by Crippen LogP contribution is -2.37. The van der Waals surface area contributed by atoms with E-state index in [0.717, 1.165) is 43.7 Å². The van der Waals surface area contributed by atoms with E-state index >= 15 is 0 Å². The molecule has 1 saturated heterocycles. The summed E-state index contributed by atoms with van der Waals surface area (Å²) in [5.74, 6) is -0.118. The van der Waals surface area contributed by atoms with Gasteiger partial charge in [-0.3, -0.25) is 0 Å². The fourth-order valence-corrected chi connectivity index (χ4v) is 2.60. The predicted molar refractivity (Wildman–Crippen MR) is 76.0 cm³/mol. The van der Waals surface area contributed by atoms with E-state index in [4.69, 9.17) is 4.74 Å². The van der Waals surface area contributed by atoms with Crippen molar-refractivity contribution in [1.29, 1.82) is 0 Å². The Morgan fingerprint density at radius 1 is 1.37 bits per heavy atom. The molecule has 106 valence electrons. The monoisotopic (exact) mass is 266 g/mol. The maximum Gasteiger partial charge on any atom is 0.129 e. The van der Waals surface area contributed by atoms with Crippen LogP contribution in [0.25, 0.3) is 0 Å². The molecule has 0 atom stereocenters. The Hall–Kier alpha value is -1.13. The number of ether oxygens (including phenoxy) is 1. The van der Waals surface area contributed by atoms with Crippen molar-refractivity contribution in [2.24, 2.45) is 0 Å². The highest BCUT2D eigenvalue weighted by Gasteiger charge is 2.21. The number of hydrogen-bond donors (Lipinski definition) is 1. The topological polar surface area (TPSA) is 24.5 Å². The molecule has 0 saturated carbocycles. The molecule has 3 nitrogen and oxygen atoms in total. The van der Waals surface area contributed by atoms with E-state index in [9.17, 15) is 4.39 Å². The van der Waals surface area contributed by atoms with Gasteiger partial charge in [0.05, 0.1) is 6.10 Å². The van der Waals surface area contributed by atoms with Crippen LogP contribution in [0.15, 0.2) is 18.2 Å². The number of nitrogens with one attached hydrogen (secondary N) is 1. The highest BCUT2D eigenvalue weighted by Crippen LogP contribution is 2.26. The van der Waals surface area contributed by atoms with Gasteiger partial charge >= 0.3 is 0 Å². The van der Waals surface area contributed by atoms with Crippen molar-refractivity contribution in [3.63, 3.8) is 0 Å². The number of rotatable bonds is 5. The maximum atomic E-state index is 14.0. The smallest absolute Gasteiger partial charge is 0.129 e. The Balaban J connectivity index is 2.13. The third-order valence-electron chi connectivity index (χ3n) is 3.76. The molecule has 1 heterocycles. The Labute approximate surface area is 114 Å². The molecule has 0 amide bonds. The normalized spacial score (nSPS) is 16.9. The Morgan fingerprint density at radius 3 is 2.74 bits per heavy atom. The minimum atomic E-state index is -0.118. The van der Waals surface area contributed by atoms with Gasteiger partial charge in [0.25, 0.3) is 0 Å². The first-order chi connectivity index (χ1) is 9.26. The molecular formula is C15H23FN2O. The number of anilines is 1. The summed E-state index contributed by atoms with van der Waals surface area (Å²) in [6.45, 7) is 5.33. The molecule has 0 aromatic heterocycles. The van der Waals surface area contributed by atoms with Crippen LogP contribution in [-0.4, -0.2) is 32.8 Å². The Morgan fingerprint density at radius 2 is 2.11 bits per heavy atom. The summed E-state index contributed by atoms with van der Waals surface area (Å²) >= 11 is 0. The Kier molecular flexibility index (Phi) is 5.16. The largest absolute Gasteiger partial charge is 0.381 e. The van der Waals surface area contributed by atoms with Crippen molar-refractivity contribution in [1.82, 2.24) is 5.32 Å². The van der Waals surface area contributed by atoms with Gasteiger partial charge in [-0.1, -0.05) is 13.0 Å². The zero-order chi connectivity index (χ0) is 13.7. The van der Waals surface area contributed by atoms with Gasteiger partial charge in [0.2, 0.25) is 0 Å². The average molecular weight is 266 g/mol. The molecule has 19 heavy (non-hydrogen) atoms. The van der Waals surface area contributed by atoms with Crippen LogP contribution in [0.2, 0.25) is 0 Å². The van der Waals surface area contributed by atoms with Crippen LogP contribution in [0, 0.1) is 5.82 Å². The van der Waals surface area contributed by atoms with Crippen molar-refractivity contribution in [2.75, 3.05) is 31.6 Å². The van der Waals surface area contributed by atoms with Crippen molar-refractivity contribution < 1.29 is 9.13 Å². The van der Waals surface area contributed by atoms with Crippen LogP contribution in [0.4, 0.5) is 10.1 Å². The first-order valence-corrected chi connectivity index (χ1v) is 7.02. The van der Waals surface area contributed by atoms with Crippen molar-refractivity contribution in [3.05, 3.63) is 29.6 Å². The van der Waals surface area contributed by atoms with Gasteiger partial charge < -0.3 is 15.0 Å². The zero-order valence-corrected chi connectivity index (χ0v) is 11.8. The lowest BCUT2D eigenvalue weighted by molar-refractivity contribution is 0.0819. The van der Waals surface area contributed by atoms with Crippen LogP contribution >= 0.6 is 0 Å². The molecule has 2 rings (SSSR count). The van der Waals surface area contributed by atoms with Crippen LogP contribution < -0.4 is 10.2 Å². The first kappa shape index (κ1) is 14.3. The van der Waals surface area contributed by atoms with Crippen molar-refractivity contribution in [3.8, 4) is 0 Å². The van der Waals surface area contributed by atoms with E-state index in [1.54, 1.807) is 13.2 Å². The van der Waals surface area contributed by atoms with Crippen LogP contribution in [0.1, 0.15) is 25.3 Å². The van der Waals surface area contributed by atoms with Crippen LogP contribution in [0.3, 0.4) is 0 Å². The third kappa shape index (κ3) is 3.45. The molecule has 1 aliphatic rings. The van der Waals surface area contributed by atoms with Gasteiger partial charge in [-0.2, -0.15) is 0 Å². The number of halogens is 1. The Bertz CT molecular complexity index is 403. The molecule has 4 heteroatoms. The summed E-state index contributed by atoms with van der Waals surface area (Å²) in [5, 5.41) is 3.21. The molecule has 0 radical (unpaired) electrons. The summed E-state index contributed by atoms with van der Waals surface area (Å²) in [5.41, 5.74) is 1.80. The number of methoxy groups -OCH3 is 1. The molecule has 1 fully saturated rings. The number of benzene rings is 1. The number of nitrogens with zero attached hydrogens (tertiary/aromatic N) is 1.